The zero-order valence-corrected chi connectivity index (χ0v) is 9.36. The third-order valence-electron chi connectivity index (χ3n) is 2.55. The molecule has 1 aromatic carbocycles. The number of hydrogen-bond donors (Lipinski definition) is 0. The first-order valence-electron chi connectivity index (χ1n) is 4.92. The van der Waals surface area contributed by atoms with Gasteiger partial charge in [-0.25, -0.2) is 0 Å². The molecular weight excluding hydrogens is 192 g/mol. The number of benzene rings is 1. The second-order valence-electron chi connectivity index (χ2n) is 3.96. The normalized spacial score (nSPS) is 19.4. The van der Waals surface area contributed by atoms with Crippen molar-refractivity contribution in [2.45, 2.75) is 31.1 Å². The average Bonchev–Trinajstić information content (AvgIpc) is 2.47. The summed E-state index contributed by atoms with van der Waals surface area (Å²) in [7, 11) is 0. The molecule has 0 aliphatic carbocycles. The Morgan fingerprint density at radius 3 is 3.07 bits per heavy atom. The van der Waals surface area contributed by atoms with Gasteiger partial charge < -0.3 is 0 Å². The highest BCUT2D eigenvalue weighted by molar-refractivity contribution is 7.99. The Labute approximate surface area is 88.9 Å². The molecule has 1 atom stereocenters. The van der Waals surface area contributed by atoms with E-state index in [-0.39, 0.29) is 5.78 Å². The Morgan fingerprint density at radius 1 is 1.57 bits per heavy atom. The van der Waals surface area contributed by atoms with Gasteiger partial charge in [0.1, 0.15) is 5.78 Å². The first-order chi connectivity index (χ1) is 6.66. The molecule has 2 rings (SSSR count). The van der Waals surface area contributed by atoms with Crippen molar-refractivity contribution in [2.75, 3.05) is 5.75 Å². The monoisotopic (exact) mass is 206 g/mol. The number of carbonyl (C=O) groups is 1. The van der Waals surface area contributed by atoms with Crippen LogP contribution in [0.5, 0.6) is 0 Å². The molecule has 2 heteroatoms. The van der Waals surface area contributed by atoms with Gasteiger partial charge in [-0.05, 0) is 30.0 Å². The highest BCUT2D eigenvalue weighted by atomic mass is 32.2. The predicted molar refractivity (Wildman–Crippen MR) is 60.0 cm³/mol. The summed E-state index contributed by atoms with van der Waals surface area (Å²) in [6, 6.07) is 6.43. The molecule has 0 spiro atoms. The molecule has 0 bridgehead atoms. The molecule has 0 aromatic heterocycles. The molecule has 74 valence electrons. The van der Waals surface area contributed by atoms with Crippen LogP contribution < -0.4 is 0 Å². The topological polar surface area (TPSA) is 17.1 Å². The second-order valence-corrected chi connectivity index (χ2v) is 5.02. The summed E-state index contributed by atoms with van der Waals surface area (Å²) < 4.78 is 0. The summed E-state index contributed by atoms with van der Waals surface area (Å²) in [5.74, 6) is 2.06. The van der Waals surface area contributed by atoms with Gasteiger partial charge in [-0.1, -0.05) is 19.1 Å². The van der Waals surface area contributed by atoms with E-state index in [0.29, 0.717) is 12.3 Å². The van der Waals surface area contributed by atoms with Crippen LogP contribution in [0.15, 0.2) is 23.1 Å². The number of Topliss-reactive ketones (excluding diaryl/α,β-unsaturated/α-hetero) is 1. The van der Waals surface area contributed by atoms with E-state index in [9.17, 15) is 4.79 Å². The fourth-order valence-electron chi connectivity index (χ4n) is 1.82. The lowest BCUT2D eigenvalue weighted by molar-refractivity contribution is -0.116. The van der Waals surface area contributed by atoms with E-state index in [2.05, 4.69) is 25.1 Å². The fourth-order valence-corrected chi connectivity index (χ4v) is 3.02. The minimum Gasteiger partial charge on any atom is -0.300 e. The van der Waals surface area contributed by atoms with Crippen molar-refractivity contribution in [3.05, 3.63) is 29.3 Å². The molecule has 14 heavy (non-hydrogen) atoms. The van der Waals surface area contributed by atoms with E-state index in [1.54, 1.807) is 6.92 Å². The number of ketones is 1. The Morgan fingerprint density at radius 2 is 2.36 bits per heavy atom. The van der Waals surface area contributed by atoms with Gasteiger partial charge in [-0.2, -0.15) is 0 Å². The van der Waals surface area contributed by atoms with Gasteiger partial charge in [0.25, 0.3) is 0 Å². The molecule has 0 amide bonds. The van der Waals surface area contributed by atoms with Crippen LogP contribution in [0, 0.1) is 0 Å². The minimum absolute atomic E-state index is 0.239. The number of thioether (sulfide) groups is 1. The van der Waals surface area contributed by atoms with Crippen molar-refractivity contribution in [3.8, 4) is 0 Å². The van der Waals surface area contributed by atoms with Crippen LogP contribution >= 0.6 is 11.8 Å². The lowest BCUT2D eigenvalue weighted by Gasteiger charge is -2.05. The van der Waals surface area contributed by atoms with E-state index in [1.807, 2.05) is 11.8 Å². The maximum Gasteiger partial charge on any atom is 0.134 e. The number of carbonyl (C=O) groups excluding carboxylic acids is 1. The summed E-state index contributed by atoms with van der Waals surface area (Å²) >= 11 is 1.92. The molecule has 1 heterocycles. The zero-order chi connectivity index (χ0) is 10.1. The van der Waals surface area contributed by atoms with Gasteiger partial charge in [0.15, 0.2) is 0 Å². The van der Waals surface area contributed by atoms with Gasteiger partial charge in [0, 0.05) is 17.1 Å². The lowest BCUT2D eigenvalue weighted by atomic mass is 9.99. The molecule has 1 aromatic rings. The molecule has 0 fully saturated rings. The van der Waals surface area contributed by atoms with Crippen LogP contribution in [0.4, 0.5) is 0 Å². The van der Waals surface area contributed by atoms with Crippen LogP contribution in [0.3, 0.4) is 0 Å². The summed E-state index contributed by atoms with van der Waals surface area (Å²) in [6.45, 7) is 3.89. The summed E-state index contributed by atoms with van der Waals surface area (Å²) in [6.07, 6.45) is 0.574. The van der Waals surface area contributed by atoms with Crippen molar-refractivity contribution in [1.29, 1.82) is 0 Å². The van der Waals surface area contributed by atoms with Crippen LogP contribution in [0.2, 0.25) is 0 Å². The van der Waals surface area contributed by atoms with Gasteiger partial charge in [-0.15, -0.1) is 11.8 Å². The number of hydrogen-bond acceptors (Lipinski definition) is 2. The number of rotatable bonds is 2. The zero-order valence-electron chi connectivity index (χ0n) is 8.54. The van der Waals surface area contributed by atoms with E-state index >= 15 is 0 Å². The predicted octanol–water partition coefficient (Wildman–Crippen LogP) is 3.03. The van der Waals surface area contributed by atoms with E-state index in [0.717, 1.165) is 5.56 Å². The summed E-state index contributed by atoms with van der Waals surface area (Å²) in [4.78, 5) is 12.4. The van der Waals surface area contributed by atoms with E-state index < -0.39 is 0 Å². The Bertz CT molecular complexity index is 371. The highest BCUT2D eigenvalue weighted by Gasteiger charge is 2.19. The van der Waals surface area contributed by atoms with Crippen LogP contribution in [-0.2, 0) is 11.2 Å². The van der Waals surface area contributed by atoms with Crippen molar-refractivity contribution in [1.82, 2.24) is 0 Å². The highest BCUT2D eigenvalue weighted by Crippen LogP contribution is 2.39. The standard InChI is InChI=1S/C12H14OS/c1-8-7-14-12-4-3-10(5-9(2)13)6-11(8)12/h3-4,6,8H,5,7H2,1-2H3. The fraction of sp³-hybridized carbons (Fsp3) is 0.417. The molecule has 1 aliphatic rings. The molecule has 1 aliphatic heterocycles. The lowest BCUT2D eigenvalue weighted by Crippen LogP contribution is -1.98. The van der Waals surface area contributed by atoms with Crippen LogP contribution in [-0.4, -0.2) is 11.5 Å². The van der Waals surface area contributed by atoms with Crippen molar-refractivity contribution >= 4 is 17.5 Å². The largest absolute Gasteiger partial charge is 0.300 e. The third-order valence-corrected chi connectivity index (χ3v) is 3.90. The third kappa shape index (κ3) is 1.85. The maximum atomic E-state index is 11.0. The van der Waals surface area contributed by atoms with Crippen LogP contribution in [0.25, 0.3) is 0 Å². The van der Waals surface area contributed by atoms with Gasteiger partial charge in [-0.3, -0.25) is 4.79 Å². The van der Waals surface area contributed by atoms with E-state index in [4.69, 9.17) is 0 Å². The average molecular weight is 206 g/mol. The molecule has 0 N–H and O–H groups in total. The first kappa shape index (κ1) is 9.78. The maximum absolute atomic E-state index is 11.0. The summed E-state index contributed by atoms with van der Waals surface area (Å²) in [5.41, 5.74) is 2.58. The second kappa shape index (κ2) is 3.77. The molecule has 0 saturated heterocycles. The van der Waals surface area contributed by atoms with Crippen LogP contribution in [0.1, 0.15) is 30.9 Å². The molecule has 1 unspecified atom stereocenters. The van der Waals surface area contributed by atoms with Crippen molar-refractivity contribution in [3.63, 3.8) is 0 Å². The quantitative estimate of drug-likeness (QED) is 0.740. The van der Waals surface area contributed by atoms with Crippen molar-refractivity contribution in [2.24, 2.45) is 0 Å². The van der Waals surface area contributed by atoms with E-state index in [1.165, 1.54) is 16.2 Å². The Kier molecular flexibility index (Phi) is 2.64. The van der Waals surface area contributed by atoms with Gasteiger partial charge in [0.2, 0.25) is 0 Å². The molecule has 0 radical (unpaired) electrons. The molecule has 1 nitrogen and oxygen atoms in total. The van der Waals surface area contributed by atoms with Crippen molar-refractivity contribution < 1.29 is 4.79 Å². The first-order valence-corrected chi connectivity index (χ1v) is 5.90. The summed E-state index contributed by atoms with van der Waals surface area (Å²) in [5, 5.41) is 0. The SMILES string of the molecule is CC(=O)Cc1ccc2c(c1)C(C)CS2. The number of fused-ring (bicyclic) bond motifs is 1. The van der Waals surface area contributed by atoms with Gasteiger partial charge in [0.05, 0.1) is 0 Å². The smallest absolute Gasteiger partial charge is 0.134 e. The molecular formula is C12H14OS. The molecule has 0 saturated carbocycles. The Balaban J connectivity index is 2.30. The Hall–Kier alpha value is -0.760. The van der Waals surface area contributed by atoms with Gasteiger partial charge >= 0.3 is 0 Å². The minimum atomic E-state index is 0.239.